The van der Waals surface area contributed by atoms with Gasteiger partial charge in [-0.2, -0.15) is 5.26 Å². The number of rotatable bonds is 2. The molecule has 1 heterocycles. The van der Waals surface area contributed by atoms with Crippen molar-refractivity contribution in [2.24, 2.45) is 0 Å². The Morgan fingerprint density at radius 2 is 1.92 bits per heavy atom. The number of nitrogens with zero attached hydrogens (tertiary/aromatic N) is 2. The first-order valence-electron chi connectivity index (χ1n) is 8.38. The molecule has 1 aliphatic heterocycles. The van der Waals surface area contributed by atoms with E-state index < -0.39 is 0 Å². The van der Waals surface area contributed by atoms with Crippen LogP contribution in [0.1, 0.15) is 37.5 Å². The normalized spacial score (nSPS) is 16.0. The van der Waals surface area contributed by atoms with E-state index in [1.807, 2.05) is 24.3 Å². The van der Waals surface area contributed by atoms with Crippen LogP contribution in [0.15, 0.2) is 42.5 Å². The minimum atomic E-state index is -0.0730. The molecule has 2 aromatic rings. The Morgan fingerprint density at radius 3 is 2.58 bits per heavy atom. The summed E-state index contributed by atoms with van der Waals surface area (Å²) in [6.07, 6.45) is 4.07. The number of anilines is 1. The summed E-state index contributed by atoms with van der Waals surface area (Å²) in [4.78, 5) is 2.22. The Balaban J connectivity index is 2.13. The molecule has 0 saturated heterocycles. The molecule has 2 aromatic carbocycles. The monoisotopic (exact) mass is 382 g/mol. The van der Waals surface area contributed by atoms with Crippen molar-refractivity contribution in [2.45, 2.75) is 26.3 Å². The van der Waals surface area contributed by atoms with E-state index in [9.17, 15) is 5.26 Å². The molecular weight excluding hydrogens is 363 g/mol. The summed E-state index contributed by atoms with van der Waals surface area (Å²) >= 11 is 12.6. The summed E-state index contributed by atoms with van der Waals surface area (Å²) in [6.45, 7) is 6.46. The molecule has 26 heavy (non-hydrogen) atoms. The minimum absolute atomic E-state index is 0.0730. The van der Waals surface area contributed by atoms with E-state index in [0.717, 1.165) is 22.4 Å². The standard InChI is InChI=1S/C22H20Cl2N2/c1-14-12-22(2,3)26(4)21-11-20(24)16(10-19(14)21)8-17(13-25)15-6-5-7-18(23)9-15/h5-12H,1-4H3/b17-8+. The molecule has 0 saturated carbocycles. The van der Waals surface area contributed by atoms with Crippen LogP contribution in [0.3, 0.4) is 0 Å². The highest BCUT2D eigenvalue weighted by molar-refractivity contribution is 6.33. The summed E-state index contributed by atoms with van der Waals surface area (Å²) in [5.74, 6) is 0. The van der Waals surface area contributed by atoms with E-state index in [4.69, 9.17) is 23.2 Å². The molecule has 132 valence electrons. The van der Waals surface area contributed by atoms with Crippen molar-refractivity contribution in [1.29, 1.82) is 5.26 Å². The van der Waals surface area contributed by atoms with Gasteiger partial charge in [-0.1, -0.05) is 41.4 Å². The fourth-order valence-electron chi connectivity index (χ4n) is 3.29. The molecule has 3 rings (SSSR count). The maximum atomic E-state index is 9.60. The van der Waals surface area contributed by atoms with Crippen molar-refractivity contribution in [3.05, 3.63) is 69.2 Å². The number of allylic oxidation sites excluding steroid dienone is 2. The number of hydrogen-bond donors (Lipinski definition) is 0. The highest BCUT2D eigenvalue weighted by Crippen LogP contribution is 2.41. The van der Waals surface area contributed by atoms with Crippen LogP contribution in [0.5, 0.6) is 0 Å². The summed E-state index contributed by atoms with van der Waals surface area (Å²) in [5.41, 5.74) is 5.48. The summed E-state index contributed by atoms with van der Waals surface area (Å²) in [7, 11) is 2.07. The highest BCUT2D eigenvalue weighted by Gasteiger charge is 2.29. The lowest BCUT2D eigenvalue weighted by atomic mass is 9.88. The number of halogens is 2. The smallest absolute Gasteiger partial charge is 0.0998 e. The van der Waals surface area contributed by atoms with Gasteiger partial charge in [0.05, 0.1) is 17.2 Å². The fraction of sp³-hybridized carbons (Fsp3) is 0.227. The Hall–Kier alpha value is -2.21. The summed E-state index contributed by atoms with van der Waals surface area (Å²) in [5, 5.41) is 10.8. The molecule has 0 radical (unpaired) electrons. The quantitative estimate of drug-likeness (QED) is 0.427. The van der Waals surface area contributed by atoms with Gasteiger partial charge >= 0.3 is 0 Å². The number of fused-ring (bicyclic) bond motifs is 1. The van der Waals surface area contributed by atoms with E-state index in [1.165, 1.54) is 5.57 Å². The molecule has 0 N–H and O–H groups in total. The SMILES string of the molecule is CC1=CC(C)(C)N(C)c2cc(Cl)c(/C=C(\C#N)c3cccc(Cl)c3)cc21. The van der Waals surface area contributed by atoms with Gasteiger partial charge in [0, 0.05) is 28.3 Å². The lowest BCUT2D eigenvalue weighted by molar-refractivity contribution is 0.598. The van der Waals surface area contributed by atoms with Gasteiger partial charge in [0.25, 0.3) is 0 Å². The fourth-order valence-corrected chi connectivity index (χ4v) is 3.69. The number of nitriles is 1. The molecule has 0 unspecified atom stereocenters. The first-order chi connectivity index (χ1) is 12.2. The molecule has 0 aromatic heterocycles. The van der Waals surface area contributed by atoms with Crippen molar-refractivity contribution < 1.29 is 0 Å². The zero-order valence-electron chi connectivity index (χ0n) is 15.3. The predicted molar refractivity (Wildman–Crippen MR) is 113 cm³/mol. The first-order valence-corrected chi connectivity index (χ1v) is 9.13. The maximum Gasteiger partial charge on any atom is 0.0998 e. The van der Waals surface area contributed by atoms with Gasteiger partial charge in [-0.25, -0.2) is 0 Å². The maximum absolute atomic E-state index is 9.60. The second-order valence-electron chi connectivity index (χ2n) is 7.11. The average Bonchev–Trinajstić information content (AvgIpc) is 2.58. The van der Waals surface area contributed by atoms with Crippen LogP contribution < -0.4 is 4.90 Å². The van der Waals surface area contributed by atoms with Gasteiger partial charge in [-0.05, 0) is 67.8 Å². The second kappa shape index (κ2) is 6.83. The van der Waals surface area contributed by atoms with Crippen molar-refractivity contribution in [1.82, 2.24) is 0 Å². The highest BCUT2D eigenvalue weighted by atomic mass is 35.5. The van der Waals surface area contributed by atoms with Gasteiger partial charge < -0.3 is 4.90 Å². The van der Waals surface area contributed by atoms with Crippen molar-refractivity contribution in [3.8, 4) is 6.07 Å². The van der Waals surface area contributed by atoms with Gasteiger partial charge in [-0.3, -0.25) is 0 Å². The Labute approximate surface area is 165 Å². The molecule has 2 nitrogen and oxygen atoms in total. The Bertz CT molecular complexity index is 978. The second-order valence-corrected chi connectivity index (χ2v) is 7.95. The summed E-state index contributed by atoms with van der Waals surface area (Å²) < 4.78 is 0. The van der Waals surface area contributed by atoms with Crippen LogP contribution in [0.25, 0.3) is 17.2 Å². The van der Waals surface area contributed by atoms with Gasteiger partial charge in [0.15, 0.2) is 0 Å². The topological polar surface area (TPSA) is 27.0 Å². The van der Waals surface area contributed by atoms with Gasteiger partial charge in [0.2, 0.25) is 0 Å². The van der Waals surface area contributed by atoms with E-state index >= 15 is 0 Å². The van der Waals surface area contributed by atoms with E-state index in [0.29, 0.717) is 15.6 Å². The molecular formula is C22H20Cl2N2. The van der Waals surface area contributed by atoms with Gasteiger partial charge in [-0.15, -0.1) is 0 Å². The lowest BCUT2D eigenvalue weighted by Crippen LogP contribution is -2.42. The predicted octanol–water partition coefficient (Wildman–Crippen LogP) is 6.69. The van der Waals surface area contributed by atoms with Crippen LogP contribution >= 0.6 is 23.2 Å². The molecule has 0 bridgehead atoms. The van der Waals surface area contributed by atoms with Crippen molar-refractivity contribution in [3.63, 3.8) is 0 Å². The third-order valence-corrected chi connectivity index (χ3v) is 5.45. The first kappa shape index (κ1) is 18.6. The van der Waals surface area contributed by atoms with Crippen molar-refractivity contribution >= 4 is 46.1 Å². The Morgan fingerprint density at radius 1 is 1.19 bits per heavy atom. The summed E-state index contributed by atoms with van der Waals surface area (Å²) in [6, 6.07) is 13.6. The molecule has 0 atom stereocenters. The zero-order chi connectivity index (χ0) is 19.1. The minimum Gasteiger partial charge on any atom is -0.365 e. The van der Waals surface area contributed by atoms with Crippen LogP contribution in [0.4, 0.5) is 5.69 Å². The number of benzene rings is 2. The van der Waals surface area contributed by atoms with Crippen LogP contribution in [-0.4, -0.2) is 12.6 Å². The van der Waals surface area contributed by atoms with E-state index in [2.05, 4.69) is 50.9 Å². The van der Waals surface area contributed by atoms with Crippen LogP contribution in [0.2, 0.25) is 10.0 Å². The number of hydrogen-bond acceptors (Lipinski definition) is 2. The van der Waals surface area contributed by atoms with Crippen molar-refractivity contribution in [2.75, 3.05) is 11.9 Å². The number of likely N-dealkylation sites (N-methyl/N-ethyl adjacent to an activating group) is 1. The largest absolute Gasteiger partial charge is 0.365 e. The van der Waals surface area contributed by atoms with Crippen LogP contribution in [-0.2, 0) is 0 Å². The third-order valence-electron chi connectivity index (χ3n) is 4.89. The van der Waals surface area contributed by atoms with Crippen LogP contribution in [0, 0.1) is 11.3 Å². The lowest BCUT2D eigenvalue weighted by Gasteiger charge is -2.40. The molecule has 0 aliphatic carbocycles. The molecule has 4 heteroatoms. The van der Waals surface area contributed by atoms with E-state index in [-0.39, 0.29) is 5.54 Å². The molecule has 0 fully saturated rings. The average molecular weight is 383 g/mol. The molecule has 1 aliphatic rings. The third kappa shape index (κ3) is 3.38. The zero-order valence-corrected chi connectivity index (χ0v) is 16.8. The molecule has 0 amide bonds. The van der Waals surface area contributed by atoms with E-state index in [1.54, 1.807) is 12.1 Å². The van der Waals surface area contributed by atoms with Gasteiger partial charge in [0.1, 0.15) is 0 Å². The molecule has 0 spiro atoms. The Kier molecular flexibility index (Phi) is 4.88.